The predicted octanol–water partition coefficient (Wildman–Crippen LogP) is 1.38. The van der Waals surface area contributed by atoms with Gasteiger partial charge in [0.1, 0.15) is 5.82 Å². The highest BCUT2D eigenvalue weighted by Crippen LogP contribution is 2.32. The summed E-state index contributed by atoms with van der Waals surface area (Å²) in [6, 6.07) is 0.325. The van der Waals surface area contributed by atoms with E-state index in [1.54, 1.807) is 0 Å². The molecule has 2 N–H and O–H groups in total. The number of aryl methyl sites for hydroxylation is 1. The highest BCUT2D eigenvalue weighted by molar-refractivity contribution is 7.99. The predicted molar refractivity (Wildman–Crippen MR) is 63.2 cm³/mol. The lowest BCUT2D eigenvalue weighted by molar-refractivity contribution is 0.463. The molecule has 15 heavy (non-hydrogen) atoms. The number of nitrogens with two attached hydrogens (primary N) is 1. The average molecular weight is 223 g/mol. The highest BCUT2D eigenvalue weighted by Gasteiger charge is 2.24. The van der Waals surface area contributed by atoms with Crippen molar-refractivity contribution in [3.05, 3.63) is 17.7 Å². The van der Waals surface area contributed by atoms with Crippen molar-refractivity contribution in [1.29, 1.82) is 0 Å². The Balaban J connectivity index is 1.85. The van der Waals surface area contributed by atoms with E-state index in [2.05, 4.69) is 10.8 Å². The standard InChI is InChI=1S/C11H17N3S/c12-9-1-3-14-6-10(13-11(14)5-9)8-2-4-15-7-8/h6,8-9H,1-5,7,12H2. The van der Waals surface area contributed by atoms with Gasteiger partial charge in [0.2, 0.25) is 0 Å². The second kappa shape index (κ2) is 3.83. The molecule has 1 aromatic heterocycles. The summed E-state index contributed by atoms with van der Waals surface area (Å²) in [5.41, 5.74) is 7.26. The van der Waals surface area contributed by atoms with E-state index in [0.29, 0.717) is 12.0 Å². The average Bonchev–Trinajstić information content (AvgIpc) is 2.84. The Hall–Kier alpha value is -0.480. The van der Waals surface area contributed by atoms with E-state index in [1.807, 2.05) is 11.8 Å². The SMILES string of the molecule is NC1CCn2cc(C3CCSC3)nc2C1. The van der Waals surface area contributed by atoms with Crippen molar-refractivity contribution < 1.29 is 0 Å². The molecule has 0 aliphatic carbocycles. The van der Waals surface area contributed by atoms with Crippen LogP contribution in [0.1, 0.15) is 30.3 Å². The van der Waals surface area contributed by atoms with E-state index < -0.39 is 0 Å². The molecule has 0 saturated carbocycles. The molecule has 0 amide bonds. The Morgan fingerprint density at radius 3 is 3.20 bits per heavy atom. The van der Waals surface area contributed by atoms with Crippen LogP contribution >= 0.6 is 11.8 Å². The van der Waals surface area contributed by atoms with Crippen molar-refractivity contribution in [2.24, 2.45) is 5.73 Å². The number of aromatic nitrogens is 2. The minimum Gasteiger partial charge on any atom is -0.335 e. The molecule has 0 aromatic carbocycles. The summed E-state index contributed by atoms with van der Waals surface area (Å²) in [5.74, 6) is 4.46. The molecule has 2 atom stereocenters. The minimum absolute atomic E-state index is 0.325. The second-order valence-electron chi connectivity index (χ2n) is 4.59. The van der Waals surface area contributed by atoms with Gasteiger partial charge in [0, 0.05) is 36.9 Å². The Bertz CT molecular complexity index is 355. The first-order valence-corrected chi connectivity index (χ1v) is 6.87. The topological polar surface area (TPSA) is 43.8 Å². The van der Waals surface area contributed by atoms with Crippen LogP contribution in [-0.4, -0.2) is 27.1 Å². The third-order valence-electron chi connectivity index (χ3n) is 3.41. The summed E-state index contributed by atoms with van der Waals surface area (Å²) in [5, 5.41) is 0. The Morgan fingerprint density at radius 2 is 2.40 bits per heavy atom. The first-order chi connectivity index (χ1) is 7.33. The molecular formula is C11H17N3S. The molecular weight excluding hydrogens is 206 g/mol. The number of hydrogen-bond donors (Lipinski definition) is 1. The van der Waals surface area contributed by atoms with Crippen LogP contribution in [0.3, 0.4) is 0 Å². The van der Waals surface area contributed by atoms with Gasteiger partial charge in [0.15, 0.2) is 0 Å². The lowest BCUT2D eigenvalue weighted by Crippen LogP contribution is -2.30. The Kier molecular flexibility index (Phi) is 2.48. The largest absolute Gasteiger partial charge is 0.335 e. The molecule has 82 valence electrons. The molecule has 2 unspecified atom stereocenters. The van der Waals surface area contributed by atoms with E-state index in [4.69, 9.17) is 10.7 Å². The van der Waals surface area contributed by atoms with Crippen LogP contribution in [0, 0.1) is 0 Å². The van der Waals surface area contributed by atoms with Crippen LogP contribution in [-0.2, 0) is 13.0 Å². The van der Waals surface area contributed by atoms with E-state index in [1.165, 1.54) is 29.4 Å². The van der Waals surface area contributed by atoms with E-state index in [-0.39, 0.29) is 0 Å². The minimum atomic E-state index is 0.325. The summed E-state index contributed by atoms with van der Waals surface area (Å²) in [4.78, 5) is 4.75. The van der Waals surface area contributed by atoms with Crippen molar-refractivity contribution in [3.8, 4) is 0 Å². The molecule has 3 rings (SSSR count). The molecule has 2 aliphatic rings. The maximum Gasteiger partial charge on any atom is 0.110 e. The maximum absolute atomic E-state index is 5.95. The normalized spacial score (nSPS) is 30.5. The summed E-state index contributed by atoms with van der Waals surface area (Å²) in [6.07, 6.45) is 5.62. The van der Waals surface area contributed by atoms with E-state index >= 15 is 0 Å². The fourth-order valence-corrected chi connectivity index (χ4v) is 3.68. The smallest absolute Gasteiger partial charge is 0.110 e. The van der Waals surface area contributed by atoms with Crippen LogP contribution in [0.5, 0.6) is 0 Å². The monoisotopic (exact) mass is 223 g/mol. The van der Waals surface area contributed by atoms with Crippen LogP contribution in [0.2, 0.25) is 0 Å². The third-order valence-corrected chi connectivity index (χ3v) is 4.57. The second-order valence-corrected chi connectivity index (χ2v) is 5.74. The van der Waals surface area contributed by atoms with Gasteiger partial charge in [-0.1, -0.05) is 0 Å². The van der Waals surface area contributed by atoms with Crippen LogP contribution in [0.4, 0.5) is 0 Å². The third kappa shape index (κ3) is 1.81. The number of nitrogens with zero attached hydrogens (tertiary/aromatic N) is 2. The highest BCUT2D eigenvalue weighted by atomic mass is 32.2. The molecule has 1 saturated heterocycles. The van der Waals surface area contributed by atoms with Gasteiger partial charge in [-0.2, -0.15) is 11.8 Å². The maximum atomic E-state index is 5.95. The molecule has 0 spiro atoms. The number of imidazole rings is 1. The molecule has 0 radical (unpaired) electrons. The fourth-order valence-electron chi connectivity index (χ4n) is 2.44. The van der Waals surface area contributed by atoms with Gasteiger partial charge >= 0.3 is 0 Å². The van der Waals surface area contributed by atoms with Gasteiger partial charge in [-0.3, -0.25) is 0 Å². The zero-order valence-electron chi connectivity index (χ0n) is 8.85. The molecule has 4 heteroatoms. The lowest BCUT2D eigenvalue weighted by Gasteiger charge is -2.18. The van der Waals surface area contributed by atoms with Crippen molar-refractivity contribution in [3.63, 3.8) is 0 Å². The van der Waals surface area contributed by atoms with Crippen LogP contribution in [0.15, 0.2) is 6.20 Å². The van der Waals surface area contributed by atoms with Gasteiger partial charge in [-0.25, -0.2) is 4.98 Å². The van der Waals surface area contributed by atoms with Gasteiger partial charge < -0.3 is 10.3 Å². The van der Waals surface area contributed by atoms with E-state index in [9.17, 15) is 0 Å². The van der Waals surface area contributed by atoms with Crippen molar-refractivity contribution in [1.82, 2.24) is 9.55 Å². The Morgan fingerprint density at radius 1 is 1.47 bits per heavy atom. The fraction of sp³-hybridized carbons (Fsp3) is 0.727. The van der Waals surface area contributed by atoms with Gasteiger partial charge in [0.25, 0.3) is 0 Å². The van der Waals surface area contributed by atoms with Crippen LogP contribution in [0.25, 0.3) is 0 Å². The first-order valence-electron chi connectivity index (χ1n) is 5.72. The summed E-state index contributed by atoms with van der Waals surface area (Å²) in [7, 11) is 0. The summed E-state index contributed by atoms with van der Waals surface area (Å²) < 4.78 is 2.31. The quantitative estimate of drug-likeness (QED) is 0.782. The Labute approximate surface area is 94.4 Å². The number of fused-ring (bicyclic) bond motifs is 1. The molecule has 0 bridgehead atoms. The first kappa shape index (κ1) is 9.73. The van der Waals surface area contributed by atoms with Crippen LogP contribution < -0.4 is 5.73 Å². The molecule has 1 aromatic rings. The number of hydrogen-bond acceptors (Lipinski definition) is 3. The van der Waals surface area contributed by atoms with Crippen molar-refractivity contribution >= 4 is 11.8 Å². The van der Waals surface area contributed by atoms with Crippen molar-refractivity contribution in [2.75, 3.05) is 11.5 Å². The lowest BCUT2D eigenvalue weighted by atomic mass is 10.1. The number of rotatable bonds is 1. The summed E-state index contributed by atoms with van der Waals surface area (Å²) in [6.45, 7) is 1.06. The van der Waals surface area contributed by atoms with Gasteiger partial charge in [0.05, 0.1) is 5.69 Å². The number of thioether (sulfide) groups is 1. The molecule has 3 nitrogen and oxygen atoms in total. The molecule has 1 fully saturated rings. The van der Waals surface area contributed by atoms with Gasteiger partial charge in [-0.15, -0.1) is 0 Å². The molecule has 3 heterocycles. The zero-order valence-corrected chi connectivity index (χ0v) is 9.67. The summed E-state index contributed by atoms with van der Waals surface area (Å²) >= 11 is 2.05. The van der Waals surface area contributed by atoms with E-state index in [0.717, 1.165) is 19.4 Å². The van der Waals surface area contributed by atoms with Gasteiger partial charge in [-0.05, 0) is 18.6 Å². The molecule has 2 aliphatic heterocycles. The van der Waals surface area contributed by atoms with Crippen molar-refractivity contribution in [2.45, 2.75) is 37.8 Å². The zero-order chi connectivity index (χ0) is 10.3.